The number of hydrogen-bond acceptors (Lipinski definition) is 3. The lowest BCUT2D eigenvalue weighted by molar-refractivity contribution is -0.129. The van der Waals surface area contributed by atoms with Crippen molar-refractivity contribution in [3.63, 3.8) is 0 Å². The van der Waals surface area contributed by atoms with Gasteiger partial charge in [0.15, 0.2) is 0 Å². The van der Waals surface area contributed by atoms with Gasteiger partial charge in [-0.2, -0.15) is 5.10 Å². The van der Waals surface area contributed by atoms with Gasteiger partial charge in [-0.25, -0.2) is 4.68 Å². The fraction of sp³-hybridized carbons (Fsp3) is 0.412. The van der Waals surface area contributed by atoms with Crippen LogP contribution in [0.25, 0.3) is 5.69 Å². The Bertz CT molecular complexity index is 677. The Kier molecular flexibility index (Phi) is 3.98. The predicted octanol–water partition coefficient (Wildman–Crippen LogP) is 1.98. The molecule has 1 aliphatic rings. The minimum atomic E-state index is -0.240. The molecule has 0 spiro atoms. The molecule has 22 heavy (non-hydrogen) atoms. The first-order valence-electron chi connectivity index (χ1n) is 7.76. The van der Waals surface area contributed by atoms with E-state index >= 15 is 0 Å². The molecule has 1 unspecified atom stereocenters. The Morgan fingerprint density at radius 2 is 2.00 bits per heavy atom. The lowest BCUT2D eigenvalue weighted by Gasteiger charge is -2.34. The number of hydrogen-bond donors (Lipinski definition) is 1. The summed E-state index contributed by atoms with van der Waals surface area (Å²) in [4.78, 5) is 14.6. The number of aryl methyl sites for hydroxylation is 1. The highest BCUT2D eigenvalue weighted by Crippen LogP contribution is 2.29. The van der Waals surface area contributed by atoms with Gasteiger partial charge in [0, 0.05) is 24.3 Å². The molecule has 0 aliphatic carbocycles. The zero-order valence-electron chi connectivity index (χ0n) is 13.3. The highest BCUT2D eigenvalue weighted by atomic mass is 16.2. The van der Waals surface area contributed by atoms with E-state index in [0.717, 1.165) is 35.7 Å². The molecule has 116 valence electrons. The van der Waals surface area contributed by atoms with Crippen LogP contribution < -0.4 is 5.32 Å². The maximum Gasteiger partial charge on any atom is 0.242 e. The van der Waals surface area contributed by atoms with E-state index in [1.807, 2.05) is 48.9 Å². The maximum absolute atomic E-state index is 12.4. The van der Waals surface area contributed by atoms with Crippen molar-refractivity contribution in [3.05, 3.63) is 47.3 Å². The van der Waals surface area contributed by atoms with Crippen molar-refractivity contribution in [1.82, 2.24) is 20.0 Å². The highest BCUT2D eigenvalue weighted by molar-refractivity contribution is 5.84. The first kappa shape index (κ1) is 14.8. The van der Waals surface area contributed by atoms with E-state index in [0.29, 0.717) is 6.54 Å². The van der Waals surface area contributed by atoms with Crippen LogP contribution in [0.2, 0.25) is 0 Å². The predicted molar refractivity (Wildman–Crippen MR) is 86.0 cm³/mol. The Morgan fingerprint density at radius 1 is 1.27 bits per heavy atom. The number of amides is 1. The summed E-state index contributed by atoms with van der Waals surface area (Å²) in [6.07, 6.45) is 0. The molecule has 2 aromatic rings. The van der Waals surface area contributed by atoms with E-state index in [9.17, 15) is 4.79 Å². The molecular weight excluding hydrogens is 276 g/mol. The van der Waals surface area contributed by atoms with Gasteiger partial charge in [0.2, 0.25) is 5.91 Å². The van der Waals surface area contributed by atoms with Gasteiger partial charge in [-0.3, -0.25) is 9.69 Å². The van der Waals surface area contributed by atoms with Crippen LogP contribution in [0, 0.1) is 13.8 Å². The lowest BCUT2D eigenvalue weighted by Crippen LogP contribution is -2.50. The van der Waals surface area contributed by atoms with E-state index in [-0.39, 0.29) is 11.9 Å². The maximum atomic E-state index is 12.4. The monoisotopic (exact) mass is 298 g/mol. The van der Waals surface area contributed by atoms with Crippen LogP contribution in [0.3, 0.4) is 0 Å². The molecular formula is C17H22N4O. The van der Waals surface area contributed by atoms with Crippen molar-refractivity contribution >= 4 is 5.91 Å². The number of aromatic nitrogens is 2. The topological polar surface area (TPSA) is 50.2 Å². The molecule has 1 amide bonds. The fourth-order valence-electron chi connectivity index (χ4n) is 3.24. The summed E-state index contributed by atoms with van der Waals surface area (Å²) in [5.74, 6) is 0.0758. The zero-order chi connectivity index (χ0) is 15.7. The Morgan fingerprint density at radius 3 is 2.68 bits per heavy atom. The lowest BCUT2D eigenvalue weighted by atomic mass is 10.0. The van der Waals surface area contributed by atoms with E-state index in [1.54, 1.807) is 0 Å². The van der Waals surface area contributed by atoms with Gasteiger partial charge < -0.3 is 5.32 Å². The summed E-state index contributed by atoms with van der Waals surface area (Å²) in [7, 11) is 0. The van der Waals surface area contributed by atoms with Crippen molar-refractivity contribution in [2.24, 2.45) is 0 Å². The van der Waals surface area contributed by atoms with Gasteiger partial charge in [0.25, 0.3) is 0 Å². The number of para-hydroxylation sites is 1. The zero-order valence-corrected chi connectivity index (χ0v) is 13.3. The summed E-state index contributed by atoms with van der Waals surface area (Å²) >= 11 is 0. The standard InChI is InChI=1S/C17H22N4O/c1-4-20-11-10-18-17(22)16(20)15-12(2)19-21(13(15)3)14-8-6-5-7-9-14/h5-9,16H,4,10-11H2,1-3H3,(H,18,22). The molecule has 1 aromatic carbocycles. The van der Waals surface area contributed by atoms with Crippen molar-refractivity contribution in [1.29, 1.82) is 0 Å². The van der Waals surface area contributed by atoms with Gasteiger partial charge in [0.1, 0.15) is 6.04 Å². The van der Waals surface area contributed by atoms with Crippen LogP contribution in [-0.2, 0) is 4.79 Å². The Balaban J connectivity index is 2.08. The second-order valence-corrected chi connectivity index (χ2v) is 5.65. The Labute approximate surface area is 130 Å². The first-order valence-corrected chi connectivity index (χ1v) is 7.76. The van der Waals surface area contributed by atoms with Gasteiger partial charge in [-0.1, -0.05) is 25.1 Å². The summed E-state index contributed by atoms with van der Waals surface area (Å²) in [6.45, 7) is 8.57. The van der Waals surface area contributed by atoms with E-state index < -0.39 is 0 Å². The molecule has 1 saturated heterocycles. The minimum absolute atomic E-state index is 0.0758. The largest absolute Gasteiger partial charge is 0.353 e. The number of carbonyl (C=O) groups excluding carboxylic acids is 1. The number of nitrogens with one attached hydrogen (secondary N) is 1. The molecule has 1 N–H and O–H groups in total. The molecule has 1 aromatic heterocycles. The van der Waals surface area contributed by atoms with Crippen molar-refractivity contribution in [2.75, 3.05) is 19.6 Å². The van der Waals surface area contributed by atoms with Crippen molar-refractivity contribution in [2.45, 2.75) is 26.8 Å². The van der Waals surface area contributed by atoms with Crippen molar-refractivity contribution in [3.8, 4) is 5.69 Å². The summed E-state index contributed by atoms with van der Waals surface area (Å²) in [5.41, 5.74) is 4.00. The normalized spacial score (nSPS) is 19.2. The number of piperazine rings is 1. The second-order valence-electron chi connectivity index (χ2n) is 5.65. The molecule has 1 fully saturated rings. The van der Waals surface area contributed by atoms with Crippen LogP contribution >= 0.6 is 0 Å². The summed E-state index contributed by atoms with van der Waals surface area (Å²) in [6, 6.07) is 9.80. The van der Waals surface area contributed by atoms with Crippen LogP contribution in [0.1, 0.15) is 29.9 Å². The third-order valence-corrected chi connectivity index (χ3v) is 4.34. The molecule has 3 rings (SSSR count). The number of carbonyl (C=O) groups is 1. The second kappa shape index (κ2) is 5.93. The number of benzene rings is 1. The molecule has 5 heteroatoms. The van der Waals surface area contributed by atoms with Crippen LogP contribution in [0.5, 0.6) is 0 Å². The third kappa shape index (κ3) is 2.41. The molecule has 0 bridgehead atoms. The summed E-state index contributed by atoms with van der Waals surface area (Å²) < 4.78 is 1.93. The number of nitrogens with zero attached hydrogens (tertiary/aromatic N) is 3. The molecule has 0 radical (unpaired) electrons. The molecule has 2 heterocycles. The Hall–Kier alpha value is -2.14. The van der Waals surface area contributed by atoms with E-state index in [4.69, 9.17) is 0 Å². The van der Waals surface area contributed by atoms with Crippen LogP contribution in [0.4, 0.5) is 0 Å². The average molecular weight is 298 g/mol. The van der Waals surface area contributed by atoms with E-state index in [1.165, 1.54) is 0 Å². The molecule has 0 saturated carbocycles. The number of likely N-dealkylation sites (N-methyl/N-ethyl adjacent to an activating group) is 1. The first-order chi connectivity index (χ1) is 10.6. The van der Waals surface area contributed by atoms with Crippen LogP contribution in [-0.4, -0.2) is 40.2 Å². The van der Waals surface area contributed by atoms with Gasteiger partial charge in [-0.15, -0.1) is 0 Å². The summed E-state index contributed by atoms with van der Waals surface area (Å²) in [5, 5.41) is 7.65. The quantitative estimate of drug-likeness (QED) is 0.942. The average Bonchev–Trinajstić information content (AvgIpc) is 2.83. The smallest absolute Gasteiger partial charge is 0.242 e. The highest BCUT2D eigenvalue weighted by Gasteiger charge is 2.34. The molecule has 5 nitrogen and oxygen atoms in total. The van der Waals surface area contributed by atoms with Gasteiger partial charge in [0.05, 0.1) is 11.4 Å². The van der Waals surface area contributed by atoms with Gasteiger partial charge in [-0.05, 0) is 32.5 Å². The minimum Gasteiger partial charge on any atom is -0.353 e. The van der Waals surface area contributed by atoms with E-state index in [2.05, 4.69) is 22.2 Å². The van der Waals surface area contributed by atoms with Crippen LogP contribution in [0.15, 0.2) is 30.3 Å². The SMILES string of the molecule is CCN1CCNC(=O)C1c1c(C)nn(-c2ccccc2)c1C. The number of rotatable bonds is 3. The third-order valence-electron chi connectivity index (χ3n) is 4.34. The fourth-order valence-corrected chi connectivity index (χ4v) is 3.24. The molecule has 1 aliphatic heterocycles. The molecule has 1 atom stereocenters. The van der Waals surface area contributed by atoms with Gasteiger partial charge >= 0.3 is 0 Å². The van der Waals surface area contributed by atoms with Crippen molar-refractivity contribution < 1.29 is 4.79 Å².